The van der Waals surface area contributed by atoms with Crippen molar-refractivity contribution in [3.63, 3.8) is 0 Å². The van der Waals surface area contributed by atoms with Gasteiger partial charge in [0.1, 0.15) is 5.75 Å². The summed E-state index contributed by atoms with van der Waals surface area (Å²) in [5.41, 5.74) is -1.62. The van der Waals surface area contributed by atoms with Crippen LogP contribution < -0.4 is 0 Å². The number of carboxylic acids is 1. The molecule has 0 aliphatic heterocycles. The molecule has 7 nitrogen and oxygen atoms in total. The van der Waals surface area contributed by atoms with Crippen LogP contribution in [0.1, 0.15) is 10.4 Å². The van der Waals surface area contributed by atoms with E-state index in [2.05, 4.69) is 0 Å². The van der Waals surface area contributed by atoms with Crippen molar-refractivity contribution >= 4 is 34.2 Å². The van der Waals surface area contributed by atoms with Crippen LogP contribution in [0.25, 0.3) is 0 Å². The molecule has 0 radical (unpaired) electrons. The van der Waals surface area contributed by atoms with E-state index in [1.165, 1.54) is 22.6 Å². The number of nitro groups is 1. The predicted octanol–water partition coefficient (Wildman–Crippen LogP) is 1.31. The Balaban J connectivity index is 3.63. The first-order chi connectivity index (χ1) is 6.86. The number of carboxylic acid groups (broad SMARTS) is 1. The molecule has 1 aromatic carbocycles. The highest BCUT2D eigenvalue weighted by Gasteiger charge is 2.27. The topological polar surface area (TPSA) is 121 Å². The Labute approximate surface area is 96.3 Å². The van der Waals surface area contributed by atoms with E-state index in [9.17, 15) is 25.1 Å². The molecule has 0 heterocycles. The standard InChI is InChI=1S/C7H4INO6/c8-2-1-3(9(14)15)6(11)4(5(2)10)7(12)13/h1,10-11H,(H,12,13). The predicted molar refractivity (Wildman–Crippen MR) is 56.1 cm³/mol. The summed E-state index contributed by atoms with van der Waals surface area (Å²) >= 11 is 1.53. The summed E-state index contributed by atoms with van der Waals surface area (Å²) in [7, 11) is 0. The van der Waals surface area contributed by atoms with Crippen molar-refractivity contribution in [2.45, 2.75) is 0 Å². The summed E-state index contributed by atoms with van der Waals surface area (Å²) in [6.45, 7) is 0. The number of nitro benzene ring substituents is 1. The third-order valence-electron chi connectivity index (χ3n) is 1.62. The Hall–Kier alpha value is -1.58. The second-order valence-electron chi connectivity index (χ2n) is 2.51. The molecule has 0 spiro atoms. The number of halogens is 1. The molecule has 0 fully saturated rings. The maximum absolute atomic E-state index is 10.6. The quantitative estimate of drug-likeness (QED) is 0.428. The van der Waals surface area contributed by atoms with Gasteiger partial charge < -0.3 is 15.3 Å². The van der Waals surface area contributed by atoms with Gasteiger partial charge in [-0.15, -0.1) is 0 Å². The fourth-order valence-corrected chi connectivity index (χ4v) is 1.52. The summed E-state index contributed by atoms with van der Waals surface area (Å²) in [5, 5.41) is 37.6. The van der Waals surface area contributed by atoms with Gasteiger partial charge in [-0.3, -0.25) is 10.1 Å². The van der Waals surface area contributed by atoms with Crippen molar-refractivity contribution in [1.29, 1.82) is 0 Å². The number of aromatic hydroxyl groups is 2. The molecule has 8 heteroatoms. The third kappa shape index (κ3) is 1.93. The maximum atomic E-state index is 10.6. The number of carbonyl (C=O) groups is 1. The number of rotatable bonds is 2. The minimum Gasteiger partial charge on any atom is -0.506 e. The molecule has 0 saturated carbocycles. The van der Waals surface area contributed by atoms with Crippen LogP contribution in [0.2, 0.25) is 0 Å². The van der Waals surface area contributed by atoms with Crippen molar-refractivity contribution in [3.05, 3.63) is 25.3 Å². The number of hydrogen-bond acceptors (Lipinski definition) is 5. The van der Waals surface area contributed by atoms with Gasteiger partial charge in [0, 0.05) is 6.07 Å². The number of benzene rings is 1. The first-order valence-electron chi connectivity index (χ1n) is 3.48. The van der Waals surface area contributed by atoms with E-state index < -0.39 is 33.6 Å². The molecule has 3 N–H and O–H groups in total. The zero-order valence-electron chi connectivity index (χ0n) is 6.97. The van der Waals surface area contributed by atoms with Crippen LogP contribution in [-0.2, 0) is 0 Å². The fourth-order valence-electron chi connectivity index (χ4n) is 0.958. The molecule has 80 valence electrons. The number of nitrogens with zero attached hydrogens (tertiary/aromatic N) is 1. The van der Waals surface area contributed by atoms with Crippen LogP contribution in [0.15, 0.2) is 6.07 Å². The SMILES string of the molecule is O=C(O)c1c(O)c(I)cc([N+](=O)[O-])c1O. The minimum absolute atomic E-state index is 0.0190. The summed E-state index contributed by atoms with van der Waals surface area (Å²) in [6.07, 6.45) is 0. The number of aromatic carboxylic acids is 1. The van der Waals surface area contributed by atoms with E-state index >= 15 is 0 Å². The zero-order valence-corrected chi connectivity index (χ0v) is 9.13. The summed E-state index contributed by atoms with van der Waals surface area (Å²) in [5.74, 6) is -3.37. The summed E-state index contributed by atoms with van der Waals surface area (Å²) in [6, 6.07) is 0.887. The molecule has 0 amide bonds. The Morgan fingerprint density at radius 2 is 1.93 bits per heavy atom. The monoisotopic (exact) mass is 325 g/mol. The van der Waals surface area contributed by atoms with Crippen molar-refractivity contribution in [3.8, 4) is 11.5 Å². The average Bonchev–Trinajstić information content (AvgIpc) is 2.10. The van der Waals surface area contributed by atoms with Crippen LogP contribution in [0.4, 0.5) is 5.69 Å². The van der Waals surface area contributed by atoms with E-state index in [1.807, 2.05) is 0 Å². The Morgan fingerprint density at radius 3 is 2.33 bits per heavy atom. The largest absolute Gasteiger partial charge is 0.506 e. The second kappa shape index (κ2) is 3.88. The van der Waals surface area contributed by atoms with Crippen LogP contribution in [0.3, 0.4) is 0 Å². The van der Waals surface area contributed by atoms with Crippen molar-refractivity contribution in [2.75, 3.05) is 0 Å². The fraction of sp³-hybridized carbons (Fsp3) is 0. The van der Waals surface area contributed by atoms with Crippen molar-refractivity contribution < 1.29 is 25.0 Å². The molecule has 0 atom stereocenters. The molecule has 15 heavy (non-hydrogen) atoms. The van der Waals surface area contributed by atoms with Gasteiger partial charge in [-0.2, -0.15) is 0 Å². The second-order valence-corrected chi connectivity index (χ2v) is 3.67. The molecule has 1 rings (SSSR count). The van der Waals surface area contributed by atoms with Gasteiger partial charge in [0.25, 0.3) is 0 Å². The van der Waals surface area contributed by atoms with E-state index in [4.69, 9.17) is 5.11 Å². The third-order valence-corrected chi connectivity index (χ3v) is 2.44. The lowest BCUT2D eigenvalue weighted by Gasteiger charge is -2.04. The lowest BCUT2D eigenvalue weighted by molar-refractivity contribution is -0.386. The highest BCUT2D eigenvalue weighted by Crippen LogP contribution is 2.39. The molecule has 0 aromatic heterocycles. The van der Waals surface area contributed by atoms with E-state index in [0.29, 0.717) is 0 Å². The number of hydrogen-bond donors (Lipinski definition) is 3. The molecule has 0 unspecified atom stereocenters. The van der Waals surface area contributed by atoms with Crippen LogP contribution in [0, 0.1) is 13.7 Å². The molecular formula is C7H4INO6. The van der Waals surface area contributed by atoms with Crippen molar-refractivity contribution in [2.24, 2.45) is 0 Å². The van der Waals surface area contributed by atoms with Gasteiger partial charge in [0.15, 0.2) is 5.56 Å². The van der Waals surface area contributed by atoms with Crippen LogP contribution >= 0.6 is 22.6 Å². The average molecular weight is 325 g/mol. The molecular weight excluding hydrogens is 321 g/mol. The van der Waals surface area contributed by atoms with Gasteiger partial charge in [-0.25, -0.2) is 4.79 Å². The van der Waals surface area contributed by atoms with Gasteiger partial charge in [0.2, 0.25) is 5.75 Å². The zero-order chi connectivity index (χ0) is 11.7. The smallest absolute Gasteiger partial charge is 0.343 e. The lowest BCUT2D eigenvalue weighted by atomic mass is 10.1. The van der Waals surface area contributed by atoms with E-state index in [0.717, 1.165) is 6.07 Å². The Morgan fingerprint density at radius 1 is 1.40 bits per heavy atom. The van der Waals surface area contributed by atoms with Crippen LogP contribution in [-0.4, -0.2) is 26.2 Å². The van der Waals surface area contributed by atoms with Gasteiger partial charge >= 0.3 is 11.7 Å². The molecule has 0 bridgehead atoms. The maximum Gasteiger partial charge on any atom is 0.343 e. The van der Waals surface area contributed by atoms with Gasteiger partial charge in [-0.1, -0.05) is 0 Å². The lowest BCUT2D eigenvalue weighted by Crippen LogP contribution is -2.01. The highest BCUT2D eigenvalue weighted by molar-refractivity contribution is 14.1. The summed E-state index contributed by atoms with van der Waals surface area (Å²) in [4.78, 5) is 20.1. The highest BCUT2D eigenvalue weighted by atomic mass is 127. The Kier molecular flexibility index (Phi) is 2.98. The van der Waals surface area contributed by atoms with Gasteiger partial charge in [-0.05, 0) is 22.6 Å². The van der Waals surface area contributed by atoms with Gasteiger partial charge in [0.05, 0.1) is 8.49 Å². The first-order valence-corrected chi connectivity index (χ1v) is 4.56. The molecule has 1 aromatic rings. The minimum atomic E-state index is -1.63. The molecule has 0 aliphatic rings. The van der Waals surface area contributed by atoms with Crippen molar-refractivity contribution in [1.82, 2.24) is 0 Å². The Bertz CT molecular complexity index is 457. The van der Waals surface area contributed by atoms with Crippen LogP contribution in [0.5, 0.6) is 11.5 Å². The number of phenols is 2. The first kappa shape index (κ1) is 11.5. The normalized spacial score (nSPS) is 9.93. The van der Waals surface area contributed by atoms with E-state index in [-0.39, 0.29) is 3.57 Å². The summed E-state index contributed by atoms with van der Waals surface area (Å²) < 4.78 is -0.0190. The molecule has 0 aliphatic carbocycles. The molecule has 0 saturated heterocycles. The van der Waals surface area contributed by atoms with E-state index in [1.54, 1.807) is 0 Å².